The van der Waals surface area contributed by atoms with Crippen LogP contribution < -0.4 is 5.32 Å². The van der Waals surface area contributed by atoms with Crippen LogP contribution in [0.4, 0.5) is 0 Å². The molecule has 0 aliphatic carbocycles. The van der Waals surface area contributed by atoms with Gasteiger partial charge in [0.15, 0.2) is 0 Å². The van der Waals surface area contributed by atoms with Crippen LogP contribution in [0.1, 0.15) is 51.9 Å². The van der Waals surface area contributed by atoms with Crippen molar-refractivity contribution in [3.05, 3.63) is 18.2 Å². The first-order chi connectivity index (χ1) is 8.63. The zero-order chi connectivity index (χ0) is 13.6. The van der Waals surface area contributed by atoms with Crippen molar-refractivity contribution in [3.8, 4) is 6.07 Å². The summed E-state index contributed by atoms with van der Waals surface area (Å²) in [5.41, 5.74) is -0.931. The van der Waals surface area contributed by atoms with Crippen molar-refractivity contribution >= 4 is 5.91 Å². The SMILES string of the molecule is CCC(NC(=O)C(C#N)(CC)CC)c1ncc[nH]1. The van der Waals surface area contributed by atoms with Crippen LogP contribution in [-0.4, -0.2) is 15.9 Å². The second-order valence-corrected chi connectivity index (χ2v) is 4.31. The van der Waals surface area contributed by atoms with Crippen molar-refractivity contribution in [3.63, 3.8) is 0 Å². The Morgan fingerprint density at radius 2 is 2.22 bits per heavy atom. The third kappa shape index (κ3) is 2.70. The lowest BCUT2D eigenvalue weighted by molar-refractivity contribution is -0.129. The van der Waals surface area contributed by atoms with E-state index in [1.54, 1.807) is 12.4 Å². The molecule has 2 N–H and O–H groups in total. The molecule has 1 aromatic rings. The van der Waals surface area contributed by atoms with E-state index in [-0.39, 0.29) is 11.9 Å². The Morgan fingerprint density at radius 3 is 2.61 bits per heavy atom. The molecule has 98 valence electrons. The number of hydrogen-bond donors (Lipinski definition) is 2. The number of aromatic nitrogens is 2. The lowest BCUT2D eigenvalue weighted by Crippen LogP contribution is -2.41. The number of H-pyrrole nitrogens is 1. The highest BCUT2D eigenvalue weighted by atomic mass is 16.2. The van der Waals surface area contributed by atoms with Gasteiger partial charge >= 0.3 is 0 Å². The molecule has 0 bridgehead atoms. The Labute approximate surface area is 108 Å². The smallest absolute Gasteiger partial charge is 0.241 e. The van der Waals surface area contributed by atoms with Crippen LogP contribution in [0.2, 0.25) is 0 Å². The van der Waals surface area contributed by atoms with Crippen molar-refractivity contribution in [1.29, 1.82) is 5.26 Å². The fourth-order valence-corrected chi connectivity index (χ4v) is 1.91. The van der Waals surface area contributed by atoms with Crippen LogP contribution in [0.3, 0.4) is 0 Å². The molecule has 0 aliphatic heterocycles. The van der Waals surface area contributed by atoms with Crippen molar-refractivity contribution < 1.29 is 4.79 Å². The molecular weight excluding hydrogens is 228 g/mol. The highest BCUT2D eigenvalue weighted by molar-refractivity contribution is 5.85. The minimum atomic E-state index is -0.931. The summed E-state index contributed by atoms with van der Waals surface area (Å²) in [5, 5.41) is 12.1. The van der Waals surface area contributed by atoms with Gasteiger partial charge in [-0.1, -0.05) is 20.8 Å². The molecule has 0 radical (unpaired) electrons. The van der Waals surface area contributed by atoms with Crippen LogP contribution in [-0.2, 0) is 4.79 Å². The molecule has 18 heavy (non-hydrogen) atoms. The number of rotatable bonds is 6. The normalized spacial score (nSPS) is 12.8. The third-order valence-electron chi connectivity index (χ3n) is 3.42. The van der Waals surface area contributed by atoms with E-state index in [2.05, 4.69) is 21.4 Å². The van der Waals surface area contributed by atoms with Gasteiger partial charge in [-0.2, -0.15) is 5.26 Å². The highest BCUT2D eigenvalue weighted by Crippen LogP contribution is 2.27. The minimum absolute atomic E-state index is 0.168. The minimum Gasteiger partial charge on any atom is -0.347 e. The molecule has 1 amide bonds. The van der Waals surface area contributed by atoms with E-state index < -0.39 is 5.41 Å². The summed E-state index contributed by atoms with van der Waals surface area (Å²) >= 11 is 0. The number of amides is 1. The fourth-order valence-electron chi connectivity index (χ4n) is 1.91. The first kappa shape index (κ1) is 14.2. The molecule has 0 spiro atoms. The van der Waals surface area contributed by atoms with Crippen molar-refractivity contribution in [1.82, 2.24) is 15.3 Å². The molecule has 0 aliphatic rings. The lowest BCUT2D eigenvalue weighted by atomic mass is 9.83. The summed E-state index contributed by atoms with van der Waals surface area (Å²) in [6, 6.07) is 1.98. The van der Waals surface area contributed by atoms with Crippen LogP contribution in [0.25, 0.3) is 0 Å². The molecule has 0 saturated heterocycles. The van der Waals surface area contributed by atoms with E-state index in [0.29, 0.717) is 12.8 Å². The van der Waals surface area contributed by atoms with E-state index in [1.807, 2.05) is 20.8 Å². The third-order valence-corrected chi connectivity index (χ3v) is 3.42. The maximum absolute atomic E-state index is 12.2. The van der Waals surface area contributed by atoms with Gasteiger partial charge in [0, 0.05) is 12.4 Å². The van der Waals surface area contributed by atoms with Gasteiger partial charge in [0.1, 0.15) is 11.2 Å². The van der Waals surface area contributed by atoms with Crippen LogP contribution in [0.15, 0.2) is 12.4 Å². The van der Waals surface area contributed by atoms with Gasteiger partial charge in [0.25, 0.3) is 0 Å². The number of nitrogens with one attached hydrogen (secondary N) is 2. The zero-order valence-electron chi connectivity index (χ0n) is 11.2. The Morgan fingerprint density at radius 1 is 1.56 bits per heavy atom. The predicted octanol–water partition coefficient (Wildman–Crippen LogP) is 2.31. The summed E-state index contributed by atoms with van der Waals surface area (Å²) < 4.78 is 0. The van der Waals surface area contributed by atoms with Gasteiger partial charge in [-0.3, -0.25) is 4.79 Å². The molecule has 1 heterocycles. The molecule has 5 heteroatoms. The number of imidazole rings is 1. The van der Waals surface area contributed by atoms with Crippen molar-refractivity contribution in [2.24, 2.45) is 5.41 Å². The summed E-state index contributed by atoms with van der Waals surface area (Å²) in [6.07, 6.45) is 5.14. The van der Waals surface area contributed by atoms with E-state index in [1.165, 1.54) is 0 Å². The second kappa shape index (κ2) is 6.20. The van der Waals surface area contributed by atoms with Gasteiger partial charge in [-0.05, 0) is 19.3 Å². The maximum atomic E-state index is 12.2. The lowest BCUT2D eigenvalue weighted by Gasteiger charge is -2.25. The summed E-state index contributed by atoms with van der Waals surface area (Å²) in [7, 11) is 0. The zero-order valence-corrected chi connectivity index (χ0v) is 11.2. The number of hydrogen-bond acceptors (Lipinski definition) is 3. The Kier molecular flexibility index (Phi) is 4.90. The van der Waals surface area contributed by atoms with Crippen LogP contribution in [0, 0.1) is 16.7 Å². The fraction of sp³-hybridized carbons (Fsp3) is 0.615. The molecule has 0 saturated carbocycles. The highest BCUT2D eigenvalue weighted by Gasteiger charge is 2.36. The van der Waals surface area contributed by atoms with Gasteiger partial charge in [0.05, 0.1) is 12.1 Å². The van der Waals surface area contributed by atoms with E-state index in [0.717, 1.165) is 12.2 Å². The van der Waals surface area contributed by atoms with Crippen LogP contribution in [0.5, 0.6) is 0 Å². The van der Waals surface area contributed by atoms with Crippen molar-refractivity contribution in [2.45, 2.75) is 46.1 Å². The van der Waals surface area contributed by atoms with Gasteiger partial charge in [-0.15, -0.1) is 0 Å². The molecule has 0 fully saturated rings. The molecule has 1 unspecified atom stereocenters. The number of aromatic amines is 1. The molecule has 0 aromatic carbocycles. The van der Waals surface area contributed by atoms with E-state index in [4.69, 9.17) is 0 Å². The molecular formula is C13H20N4O. The second-order valence-electron chi connectivity index (χ2n) is 4.31. The van der Waals surface area contributed by atoms with Crippen molar-refractivity contribution in [2.75, 3.05) is 0 Å². The summed E-state index contributed by atoms with van der Waals surface area (Å²) in [5.74, 6) is 0.517. The first-order valence-electron chi connectivity index (χ1n) is 6.35. The standard InChI is InChI=1S/C13H20N4O/c1-4-10(11-15-7-8-16-11)17-12(18)13(5-2,6-3)9-14/h7-8,10H,4-6H2,1-3H3,(H,15,16)(H,17,18). The monoisotopic (exact) mass is 248 g/mol. The van der Waals surface area contributed by atoms with E-state index in [9.17, 15) is 10.1 Å². The van der Waals surface area contributed by atoms with E-state index >= 15 is 0 Å². The largest absolute Gasteiger partial charge is 0.347 e. The average molecular weight is 248 g/mol. The van der Waals surface area contributed by atoms with Crippen LogP contribution >= 0.6 is 0 Å². The Bertz CT molecular complexity index is 415. The Balaban J connectivity index is 2.83. The number of carbonyl (C=O) groups is 1. The topological polar surface area (TPSA) is 81.6 Å². The quantitative estimate of drug-likeness (QED) is 0.810. The molecule has 5 nitrogen and oxygen atoms in total. The molecule has 1 rings (SSSR count). The number of nitrogens with zero attached hydrogens (tertiary/aromatic N) is 2. The predicted molar refractivity (Wildman–Crippen MR) is 68.4 cm³/mol. The number of carbonyl (C=O) groups excluding carboxylic acids is 1. The summed E-state index contributed by atoms with van der Waals surface area (Å²) in [6.45, 7) is 5.69. The van der Waals surface area contributed by atoms with Gasteiger partial charge < -0.3 is 10.3 Å². The molecule has 1 aromatic heterocycles. The number of nitriles is 1. The maximum Gasteiger partial charge on any atom is 0.241 e. The first-order valence-corrected chi connectivity index (χ1v) is 6.35. The molecule has 1 atom stereocenters. The summed E-state index contributed by atoms with van der Waals surface area (Å²) in [4.78, 5) is 19.4. The Hall–Kier alpha value is -1.83. The average Bonchev–Trinajstić information content (AvgIpc) is 2.92. The van der Waals surface area contributed by atoms with Gasteiger partial charge in [0.2, 0.25) is 5.91 Å². The van der Waals surface area contributed by atoms with Gasteiger partial charge in [-0.25, -0.2) is 4.98 Å².